The molecule has 0 aliphatic heterocycles. The molecule has 0 spiro atoms. The van der Waals surface area contributed by atoms with Crippen molar-refractivity contribution in [1.29, 1.82) is 0 Å². The normalized spacial score (nSPS) is 11.7. The first kappa shape index (κ1) is 22.2. The molecule has 144 valence electrons. The Kier molecular flexibility index (Phi) is 10.7. The minimum atomic E-state index is -0.219. The molecule has 0 radical (unpaired) electrons. The van der Waals surface area contributed by atoms with Crippen LogP contribution in [0.15, 0.2) is 24.3 Å². The summed E-state index contributed by atoms with van der Waals surface area (Å²) >= 11 is 0.927. The van der Waals surface area contributed by atoms with Crippen LogP contribution in [0.25, 0.3) is 0 Å². The van der Waals surface area contributed by atoms with Crippen LogP contribution in [0.1, 0.15) is 52.0 Å². The van der Waals surface area contributed by atoms with E-state index in [0.29, 0.717) is 0 Å². The largest absolute Gasteiger partial charge is 0.348 e. The second kappa shape index (κ2) is 12.5. The summed E-state index contributed by atoms with van der Waals surface area (Å²) in [7, 11) is 0. The molecular formula is C20H30N2O3S. The molecule has 1 atom stereocenters. The molecule has 0 saturated carbocycles. The Hall–Kier alpha value is -1.82. The van der Waals surface area contributed by atoms with E-state index in [4.69, 9.17) is 0 Å². The standard InChI is InChI=1S/C20H30N2O3S/c1-4-6-7-10-15(3)20(25)21-13-19(24)26-14-18(23)22-17-12-9-8-11-16(17)5-2/h8-9,11-12,15H,4-7,10,13-14H2,1-3H3,(H,21,25)(H,22,23)/t15-/m0/s1. The van der Waals surface area contributed by atoms with Crippen molar-refractivity contribution in [2.45, 2.75) is 52.9 Å². The number of carbonyl (C=O) groups excluding carboxylic acids is 3. The molecular weight excluding hydrogens is 348 g/mol. The number of thioether (sulfide) groups is 1. The fraction of sp³-hybridized carbons (Fsp3) is 0.550. The topological polar surface area (TPSA) is 75.3 Å². The van der Waals surface area contributed by atoms with Crippen molar-refractivity contribution in [2.24, 2.45) is 5.92 Å². The highest BCUT2D eigenvalue weighted by Gasteiger charge is 2.14. The number of unbranched alkanes of at least 4 members (excludes halogenated alkanes) is 2. The van der Waals surface area contributed by atoms with E-state index < -0.39 is 0 Å². The van der Waals surface area contributed by atoms with E-state index >= 15 is 0 Å². The quantitative estimate of drug-likeness (QED) is 0.575. The summed E-state index contributed by atoms with van der Waals surface area (Å²) in [6, 6.07) is 7.61. The Morgan fingerprint density at radius 3 is 2.54 bits per heavy atom. The van der Waals surface area contributed by atoms with E-state index in [2.05, 4.69) is 17.6 Å². The Morgan fingerprint density at radius 1 is 1.12 bits per heavy atom. The highest BCUT2D eigenvalue weighted by Crippen LogP contribution is 2.16. The van der Waals surface area contributed by atoms with Crippen LogP contribution in [0, 0.1) is 5.92 Å². The summed E-state index contributed by atoms with van der Waals surface area (Å²) in [6.45, 7) is 5.98. The van der Waals surface area contributed by atoms with E-state index in [1.54, 1.807) is 0 Å². The molecule has 0 aliphatic rings. The van der Waals surface area contributed by atoms with Gasteiger partial charge in [-0.1, -0.05) is 70.0 Å². The molecule has 0 aromatic heterocycles. The minimum Gasteiger partial charge on any atom is -0.348 e. The molecule has 26 heavy (non-hydrogen) atoms. The predicted octanol–water partition coefficient (Wildman–Crippen LogP) is 3.78. The van der Waals surface area contributed by atoms with Crippen LogP contribution in [0.3, 0.4) is 0 Å². The molecule has 1 rings (SSSR count). The summed E-state index contributed by atoms with van der Waals surface area (Å²) in [5.74, 6) is -0.369. The minimum absolute atomic E-state index is 0.0405. The fourth-order valence-electron chi connectivity index (χ4n) is 2.50. The maximum atomic E-state index is 12.0. The average Bonchev–Trinajstić information content (AvgIpc) is 2.64. The highest BCUT2D eigenvalue weighted by atomic mass is 32.2. The number of nitrogens with one attached hydrogen (secondary N) is 2. The number of aryl methyl sites for hydroxylation is 1. The van der Waals surface area contributed by atoms with Crippen LogP contribution in [-0.2, 0) is 20.8 Å². The van der Waals surface area contributed by atoms with E-state index in [1.807, 2.05) is 38.1 Å². The zero-order valence-electron chi connectivity index (χ0n) is 16.0. The first-order valence-corrected chi connectivity index (χ1v) is 10.3. The number of hydrogen-bond donors (Lipinski definition) is 2. The van der Waals surface area contributed by atoms with Gasteiger partial charge in [0.05, 0.1) is 12.3 Å². The number of hydrogen-bond acceptors (Lipinski definition) is 4. The predicted molar refractivity (Wildman–Crippen MR) is 108 cm³/mol. The smallest absolute Gasteiger partial charge is 0.234 e. The van der Waals surface area contributed by atoms with Gasteiger partial charge in [-0.3, -0.25) is 14.4 Å². The van der Waals surface area contributed by atoms with Crippen LogP contribution in [-0.4, -0.2) is 29.2 Å². The number of rotatable bonds is 11. The Balaban J connectivity index is 2.29. The van der Waals surface area contributed by atoms with Gasteiger partial charge in [0.2, 0.25) is 16.9 Å². The molecule has 0 unspecified atom stereocenters. The first-order chi connectivity index (χ1) is 12.5. The van der Waals surface area contributed by atoms with Gasteiger partial charge in [-0.05, 0) is 24.5 Å². The lowest BCUT2D eigenvalue weighted by atomic mass is 10.0. The second-order valence-electron chi connectivity index (χ2n) is 6.33. The SMILES string of the molecule is CCCCC[C@H](C)C(=O)NCC(=O)SCC(=O)Nc1ccccc1CC. The third-order valence-corrected chi connectivity index (χ3v) is 5.00. The molecule has 0 aliphatic carbocycles. The molecule has 0 fully saturated rings. The van der Waals surface area contributed by atoms with Crippen LogP contribution in [0.2, 0.25) is 0 Å². The van der Waals surface area contributed by atoms with E-state index in [-0.39, 0.29) is 35.1 Å². The van der Waals surface area contributed by atoms with Crippen LogP contribution in [0.4, 0.5) is 5.69 Å². The maximum absolute atomic E-state index is 12.0. The van der Waals surface area contributed by atoms with Crippen LogP contribution >= 0.6 is 11.8 Å². The van der Waals surface area contributed by atoms with Gasteiger partial charge in [-0.2, -0.15) is 0 Å². The molecule has 1 aromatic carbocycles. The summed E-state index contributed by atoms with van der Waals surface area (Å²) in [6.07, 6.45) is 4.91. The van der Waals surface area contributed by atoms with Gasteiger partial charge >= 0.3 is 0 Å². The lowest BCUT2D eigenvalue weighted by Crippen LogP contribution is -2.33. The third kappa shape index (κ3) is 8.52. The fourth-order valence-corrected chi connectivity index (χ4v) is 3.04. The van der Waals surface area contributed by atoms with E-state index in [1.165, 1.54) is 0 Å². The lowest BCUT2D eigenvalue weighted by molar-refractivity contribution is -0.126. The summed E-state index contributed by atoms with van der Waals surface area (Å²) in [4.78, 5) is 35.8. The van der Waals surface area contributed by atoms with Gasteiger partial charge in [0, 0.05) is 11.6 Å². The van der Waals surface area contributed by atoms with Gasteiger partial charge in [-0.25, -0.2) is 0 Å². The summed E-state index contributed by atoms with van der Waals surface area (Å²) < 4.78 is 0. The molecule has 0 saturated heterocycles. The van der Waals surface area contributed by atoms with Gasteiger partial charge < -0.3 is 10.6 Å². The number of carbonyl (C=O) groups is 3. The summed E-state index contributed by atoms with van der Waals surface area (Å²) in [5.41, 5.74) is 1.84. The number of benzene rings is 1. The van der Waals surface area contributed by atoms with Crippen molar-refractivity contribution < 1.29 is 14.4 Å². The number of amides is 2. The van der Waals surface area contributed by atoms with Crippen molar-refractivity contribution in [3.63, 3.8) is 0 Å². The molecule has 2 N–H and O–H groups in total. The zero-order chi connectivity index (χ0) is 19.4. The molecule has 0 bridgehead atoms. The molecule has 1 aromatic rings. The van der Waals surface area contributed by atoms with Crippen molar-refractivity contribution in [3.05, 3.63) is 29.8 Å². The summed E-state index contributed by atoms with van der Waals surface area (Å²) in [5, 5.41) is 5.28. The molecule has 0 heterocycles. The van der Waals surface area contributed by atoms with E-state index in [9.17, 15) is 14.4 Å². The van der Waals surface area contributed by atoms with E-state index in [0.717, 1.165) is 55.1 Å². The van der Waals surface area contributed by atoms with Gasteiger partial charge in [-0.15, -0.1) is 0 Å². The number of anilines is 1. The van der Waals surface area contributed by atoms with Crippen LogP contribution < -0.4 is 10.6 Å². The van der Waals surface area contributed by atoms with Crippen molar-refractivity contribution in [2.75, 3.05) is 17.6 Å². The van der Waals surface area contributed by atoms with Gasteiger partial charge in [0.1, 0.15) is 0 Å². The Morgan fingerprint density at radius 2 is 1.85 bits per heavy atom. The maximum Gasteiger partial charge on any atom is 0.234 e. The van der Waals surface area contributed by atoms with Crippen molar-refractivity contribution >= 4 is 34.4 Å². The molecule has 2 amide bonds. The average molecular weight is 379 g/mol. The molecule has 5 nitrogen and oxygen atoms in total. The van der Waals surface area contributed by atoms with Crippen LogP contribution in [0.5, 0.6) is 0 Å². The lowest BCUT2D eigenvalue weighted by Gasteiger charge is -2.11. The van der Waals surface area contributed by atoms with Crippen molar-refractivity contribution in [1.82, 2.24) is 5.32 Å². The Bertz CT molecular complexity index is 604. The highest BCUT2D eigenvalue weighted by molar-refractivity contribution is 8.14. The zero-order valence-corrected chi connectivity index (χ0v) is 16.8. The molecule has 6 heteroatoms. The van der Waals surface area contributed by atoms with Crippen molar-refractivity contribution in [3.8, 4) is 0 Å². The third-order valence-electron chi connectivity index (χ3n) is 4.13. The monoisotopic (exact) mass is 378 g/mol. The van der Waals surface area contributed by atoms with Gasteiger partial charge in [0.25, 0.3) is 0 Å². The first-order valence-electron chi connectivity index (χ1n) is 9.29. The number of para-hydroxylation sites is 1. The van der Waals surface area contributed by atoms with Gasteiger partial charge in [0.15, 0.2) is 0 Å². The Labute approximate surface area is 160 Å². The second-order valence-corrected chi connectivity index (χ2v) is 7.37.